The van der Waals surface area contributed by atoms with Gasteiger partial charge in [-0.15, -0.1) is 0 Å². The highest BCUT2D eigenvalue weighted by molar-refractivity contribution is 6.19. The molecule has 0 radical (unpaired) electrons. The van der Waals surface area contributed by atoms with Crippen molar-refractivity contribution in [1.29, 1.82) is 5.26 Å². The fraction of sp³-hybridized carbons (Fsp3) is 0.250. The van der Waals surface area contributed by atoms with E-state index in [1.165, 1.54) is 0 Å². The zero-order valence-corrected chi connectivity index (χ0v) is 14.9. The number of nitriles is 1. The third-order valence-corrected chi connectivity index (χ3v) is 4.35. The molecule has 0 saturated heterocycles. The zero-order valence-electron chi connectivity index (χ0n) is 14.9. The van der Waals surface area contributed by atoms with Crippen LogP contribution in [0.1, 0.15) is 30.4 Å². The maximum atomic E-state index is 12.6. The van der Waals surface area contributed by atoms with Gasteiger partial charge in [0.25, 0.3) is 0 Å². The summed E-state index contributed by atoms with van der Waals surface area (Å²) in [6.07, 6.45) is 0.617. The van der Waals surface area contributed by atoms with Gasteiger partial charge in [0.1, 0.15) is 5.92 Å². The van der Waals surface area contributed by atoms with Gasteiger partial charge in [-0.2, -0.15) is 5.26 Å². The van der Waals surface area contributed by atoms with Crippen LogP contribution in [0, 0.1) is 11.3 Å². The molecule has 0 bridgehead atoms. The molecule has 6 nitrogen and oxygen atoms in total. The van der Waals surface area contributed by atoms with Crippen molar-refractivity contribution >= 4 is 23.0 Å². The lowest BCUT2D eigenvalue weighted by molar-refractivity contribution is -0.115. The van der Waals surface area contributed by atoms with E-state index in [0.717, 1.165) is 11.3 Å². The number of methoxy groups -OCH3 is 2. The molecule has 26 heavy (non-hydrogen) atoms. The molecule has 1 aliphatic heterocycles. The van der Waals surface area contributed by atoms with Crippen LogP contribution in [0.3, 0.4) is 0 Å². The number of fused-ring (bicyclic) bond motifs is 1. The molecular weight excluding hydrogens is 330 g/mol. The second-order valence-corrected chi connectivity index (χ2v) is 5.83. The van der Waals surface area contributed by atoms with Crippen LogP contribution in [-0.4, -0.2) is 25.8 Å². The number of carbonyl (C=O) groups is 1. The van der Waals surface area contributed by atoms with E-state index in [1.54, 1.807) is 44.6 Å². The van der Waals surface area contributed by atoms with E-state index in [4.69, 9.17) is 14.7 Å². The normalized spacial score (nSPS) is 15.8. The molecule has 2 aromatic carbocycles. The van der Waals surface area contributed by atoms with Gasteiger partial charge in [0.15, 0.2) is 11.5 Å². The van der Waals surface area contributed by atoms with Crippen molar-refractivity contribution in [2.24, 2.45) is 4.99 Å². The molecule has 0 saturated carbocycles. The maximum absolute atomic E-state index is 12.6. The number of amides is 1. The van der Waals surface area contributed by atoms with E-state index in [-0.39, 0.29) is 5.91 Å². The van der Waals surface area contributed by atoms with Crippen molar-refractivity contribution in [3.63, 3.8) is 0 Å². The average Bonchev–Trinajstić information content (AvgIpc) is 3.00. The van der Waals surface area contributed by atoms with Crippen molar-refractivity contribution in [3.8, 4) is 17.6 Å². The molecule has 1 amide bonds. The fourth-order valence-electron chi connectivity index (χ4n) is 3.04. The van der Waals surface area contributed by atoms with Crippen LogP contribution in [0.4, 0.5) is 11.4 Å². The van der Waals surface area contributed by atoms with Gasteiger partial charge in [0, 0.05) is 17.5 Å². The van der Waals surface area contributed by atoms with Crippen LogP contribution in [0.2, 0.25) is 0 Å². The summed E-state index contributed by atoms with van der Waals surface area (Å²) < 4.78 is 10.7. The number of ether oxygens (including phenoxy) is 2. The van der Waals surface area contributed by atoms with Gasteiger partial charge in [0.05, 0.1) is 31.5 Å². The van der Waals surface area contributed by atoms with E-state index in [2.05, 4.69) is 16.4 Å². The van der Waals surface area contributed by atoms with E-state index in [0.29, 0.717) is 34.9 Å². The quantitative estimate of drug-likeness (QED) is 0.832. The van der Waals surface area contributed by atoms with E-state index in [1.807, 2.05) is 13.0 Å². The smallest absolute Gasteiger partial charge is 0.237 e. The number of anilines is 1. The van der Waals surface area contributed by atoms with Crippen LogP contribution in [0.5, 0.6) is 11.5 Å². The predicted octanol–water partition coefficient (Wildman–Crippen LogP) is 3.79. The van der Waals surface area contributed by atoms with Crippen LogP contribution in [0.25, 0.3) is 0 Å². The van der Waals surface area contributed by atoms with Gasteiger partial charge < -0.3 is 14.8 Å². The minimum absolute atomic E-state index is 0.121. The first kappa shape index (κ1) is 17.5. The largest absolute Gasteiger partial charge is 0.493 e. The lowest BCUT2D eigenvalue weighted by atomic mass is 9.93. The molecular formula is C20H19N3O3. The molecule has 1 atom stereocenters. The van der Waals surface area contributed by atoms with Gasteiger partial charge in [-0.1, -0.05) is 6.92 Å². The zero-order chi connectivity index (χ0) is 18.7. The lowest BCUT2D eigenvalue weighted by Gasteiger charge is -2.14. The van der Waals surface area contributed by atoms with Gasteiger partial charge in [0.2, 0.25) is 5.91 Å². The summed E-state index contributed by atoms with van der Waals surface area (Å²) >= 11 is 0. The van der Waals surface area contributed by atoms with E-state index in [9.17, 15) is 4.79 Å². The van der Waals surface area contributed by atoms with Gasteiger partial charge in [-0.25, -0.2) is 0 Å². The third-order valence-electron chi connectivity index (χ3n) is 4.35. The van der Waals surface area contributed by atoms with Crippen molar-refractivity contribution in [2.45, 2.75) is 19.3 Å². The molecule has 0 spiro atoms. The Bertz CT molecular complexity index is 911. The van der Waals surface area contributed by atoms with Gasteiger partial charge >= 0.3 is 0 Å². The Morgan fingerprint density at radius 1 is 1.19 bits per heavy atom. The second kappa shape index (κ2) is 7.28. The molecule has 1 aliphatic rings. The highest BCUT2D eigenvalue weighted by Crippen LogP contribution is 2.42. The summed E-state index contributed by atoms with van der Waals surface area (Å²) in [7, 11) is 3.12. The SMILES string of the molecule is CCC(=Nc1ccc(C#N)cc1)C1C(=O)Nc2cc(OC)c(OC)cc21. The van der Waals surface area contributed by atoms with Crippen LogP contribution >= 0.6 is 0 Å². The Balaban J connectivity index is 2.03. The first-order valence-electron chi connectivity index (χ1n) is 8.25. The molecule has 132 valence electrons. The van der Waals surface area contributed by atoms with Crippen molar-refractivity contribution in [2.75, 3.05) is 19.5 Å². The van der Waals surface area contributed by atoms with Crippen molar-refractivity contribution < 1.29 is 14.3 Å². The fourth-order valence-corrected chi connectivity index (χ4v) is 3.04. The van der Waals surface area contributed by atoms with Gasteiger partial charge in [-0.05, 0) is 42.3 Å². The van der Waals surface area contributed by atoms with Crippen LogP contribution in [-0.2, 0) is 4.79 Å². The number of aliphatic imine (C=N–C) groups is 1. The minimum atomic E-state index is -0.481. The molecule has 2 aromatic rings. The number of carbonyl (C=O) groups excluding carboxylic acids is 1. The molecule has 0 aromatic heterocycles. The maximum Gasteiger partial charge on any atom is 0.237 e. The lowest BCUT2D eigenvalue weighted by Crippen LogP contribution is -2.20. The molecule has 1 unspecified atom stereocenters. The summed E-state index contributed by atoms with van der Waals surface area (Å²) in [4.78, 5) is 17.3. The Hall–Kier alpha value is -3.33. The monoisotopic (exact) mass is 349 g/mol. The first-order chi connectivity index (χ1) is 12.6. The third kappa shape index (κ3) is 3.11. The first-order valence-corrected chi connectivity index (χ1v) is 8.25. The minimum Gasteiger partial charge on any atom is -0.493 e. The van der Waals surface area contributed by atoms with Crippen molar-refractivity contribution in [3.05, 3.63) is 47.5 Å². The number of hydrogen-bond acceptors (Lipinski definition) is 5. The van der Waals surface area contributed by atoms with E-state index < -0.39 is 5.92 Å². The van der Waals surface area contributed by atoms with E-state index >= 15 is 0 Å². The number of nitrogens with zero attached hydrogens (tertiary/aromatic N) is 2. The average molecular weight is 349 g/mol. The molecule has 6 heteroatoms. The molecule has 1 N–H and O–H groups in total. The number of nitrogens with one attached hydrogen (secondary N) is 1. The molecule has 1 heterocycles. The van der Waals surface area contributed by atoms with Crippen LogP contribution < -0.4 is 14.8 Å². The molecule has 0 aliphatic carbocycles. The topological polar surface area (TPSA) is 83.7 Å². The second-order valence-electron chi connectivity index (χ2n) is 5.83. The predicted molar refractivity (Wildman–Crippen MR) is 99.5 cm³/mol. The Labute approximate surface area is 152 Å². The summed E-state index contributed by atoms with van der Waals surface area (Å²) in [5.41, 5.74) is 3.56. The number of rotatable bonds is 5. The summed E-state index contributed by atoms with van der Waals surface area (Å²) in [5, 5.41) is 11.8. The Morgan fingerprint density at radius 2 is 1.85 bits per heavy atom. The molecule has 0 fully saturated rings. The Kier molecular flexibility index (Phi) is 4.90. The standard InChI is InChI=1S/C20H19N3O3/c1-4-15(22-13-7-5-12(11-21)6-8-13)19-14-9-17(25-2)18(26-3)10-16(14)23-20(19)24/h5-10,19H,4H2,1-3H3,(H,23,24). The number of hydrogen-bond donors (Lipinski definition) is 1. The number of benzene rings is 2. The highest BCUT2D eigenvalue weighted by atomic mass is 16.5. The summed E-state index contributed by atoms with van der Waals surface area (Å²) in [6, 6.07) is 12.6. The van der Waals surface area contributed by atoms with Crippen molar-refractivity contribution in [1.82, 2.24) is 0 Å². The van der Waals surface area contributed by atoms with Gasteiger partial charge in [-0.3, -0.25) is 9.79 Å². The summed E-state index contributed by atoms with van der Waals surface area (Å²) in [5.74, 6) is 0.533. The molecule has 3 rings (SSSR count). The summed E-state index contributed by atoms with van der Waals surface area (Å²) in [6.45, 7) is 1.97. The Morgan fingerprint density at radius 3 is 2.42 bits per heavy atom. The highest BCUT2D eigenvalue weighted by Gasteiger charge is 2.35. The van der Waals surface area contributed by atoms with Crippen LogP contribution in [0.15, 0.2) is 41.4 Å².